The van der Waals surface area contributed by atoms with Gasteiger partial charge in [-0.3, -0.25) is 0 Å². The zero-order valence-corrected chi connectivity index (χ0v) is 14.2. The summed E-state index contributed by atoms with van der Waals surface area (Å²) in [5, 5.41) is 3.06. The van der Waals surface area contributed by atoms with Crippen molar-refractivity contribution in [2.24, 2.45) is 5.92 Å². The van der Waals surface area contributed by atoms with Crippen LogP contribution in [0.1, 0.15) is 6.42 Å². The first kappa shape index (κ1) is 18.1. The van der Waals surface area contributed by atoms with E-state index in [1.807, 2.05) is 7.05 Å². The molecule has 1 aromatic rings. The minimum Gasteiger partial charge on any atom is -0.490 e. The molecule has 8 heteroatoms. The molecular weight excluding hydrogens is 323 g/mol. The van der Waals surface area contributed by atoms with Gasteiger partial charge in [-0.2, -0.15) is 4.31 Å². The molecule has 1 aliphatic heterocycles. The molecule has 1 fully saturated rings. The first-order valence-corrected chi connectivity index (χ1v) is 8.99. The third-order valence-corrected chi connectivity index (χ3v) is 5.70. The van der Waals surface area contributed by atoms with Crippen molar-refractivity contribution in [3.05, 3.63) is 24.0 Å². The summed E-state index contributed by atoms with van der Waals surface area (Å²) < 4.78 is 50.9. The van der Waals surface area contributed by atoms with Crippen LogP contribution in [0.3, 0.4) is 0 Å². The van der Waals surface area contributed by atoms with Gasteiger partial charge in [-0.05, 0) is 44.1 Å². The van der Waals surface area contributed by atoms with Crippen molar-refractivity contribution >= 4 is 10.0 Å². The van der Waals surface area contributed by atoms with Crippen LogP contribution in [-0.2, 0) is 14.8 Å². The van der Waals surface area contributed by atoms with E-state index in [-0.39, 0.29) is 23.2 Å². The van der Waals surface area contributed by atoms with Gasteiger partial charge in [0.15, 0.2) is 0 Å². The van der Waals surface area contributed by atoms with Crippen LogP contribution in [0.4, 0.5) is 4.39 Å². The number of methoxy groups -OCH3 is 1. The van der Waals surface area contributed by atoms with Crippen molar-refractivity contribution in [2.75, 3.05) is 47.0 Å². The largest absolute Gasteiger partial charge is 0.490 e. The second kappa shape index (κ2) is 8.05. The van der Waals surface area contributed by atoms with E-state index in [9.17, 15) is 12.8 Å². The molecular formula is C15H23FN2O4S. The molecule has 1 N–H and O–H groups in total. The van der Waals surface area contributed by atoms with E-state index in [0.29, 0.717) is 19.7 Å². The molecule has 1 aliphatic rings. The molecule has 1 aromatic carbocycles. The maximum Gasteiger partial charge on any atom is 0.246 e. The molecule has 1 heterocycles. The van der Waals surface area contributed by atoms with Crippen molar-refractivity contribution in [3.63, 3.8) is 0 Å². The Bertz CT molecular complexity index is 624. The van der Waals surface area contributed by atoms with Gasteiger partial charge in [-0.15, -0.1) is 0 Å². The monoisotopic (exact) mass is 346 g/mol. The number of nitrogens with one attached hydrogen (secondary N) is 1. The fraction of sp³-hybridized carbons (Fsp3) is 0.600. The summed E-state index contributed by atoms with van der Waals surface area (Å²) in [6, 6.07) is 3.55. The summed E-state index contributed by atoms with van der Waals surface area (Å²) in [7, 11) is -0.416. The minimum atomic E-state index is -3.78. The quantitative estimate of drug-likeness (QED) is 0.714. The van der Waals surface area contributed by atoms with Gasteiger partial charge in [0.1, 0.15) is 23.1 Å². The van der Waals surface area contributed by atoms with Gasteiger partial charge >= 0.3 is 0 Å². The minimum absolute atomic E-state index is 0.126. The highest BCUT2D eigenvalue weighted by Gasteiger charge is 2.34. The lowest BCUT2D eigenvalue weighted by molar-refractivity contribution is 0.144. The van der Waals surface area contributed by atoms with Crippen LogP contribution in [0.15, 0.2) is 23.1 Å². The van der Waals surface area contributed by atoms with Gasteiger partial charge < -0.3 is 14.8 Å². The highest BCUT2D eigenvalue weighted by molar-refractivity contribution is 7.89. The second-order valence-electron chi connectivity index (χ2n) is 5.51. The molecule has 2 rings (SSSR count). The summed E-state index contributed by atoms with van der Waals surface area (Å²) in [4.78, 5) is -0.126. The van der Waals surface area contributed by atoms with E-state index in [2.05, 4.69) is 5.32 Å². The summed E-state index contributed by atoms with van der Waals surface area (Å²) in [5.74, 6) is -0.185. The number of ether oxygens (including phenoxy) is 2. The van der Waals surface area contributed by atoms with Crippen LogP contribution >= 0.6 is 0 Å². The fourth-order valence-electron chi connectivity index (χ4n) is 2.65. The molecule has 6 nitrogen and oxygen atoms in total. The van der Waals surface area contributed by atoms with E-state index >= 15 is 0 Å². The first-order chi connectivity index (χ1) is 11.0. The highest BCUT2D eigenvalue weighted by atomic mass is 32.2. The maximum atomic E-state index is 13.6. The Morgan fingerprint density at radius 2 is 2.17 bits per heavy atom. The Hall–Kier alpha value is -1.22. The Balaban J connectivity index is 2.23. The van der Waals surface area contributed by atoms with Crippen LogP contribution < -0.4 is 10.1 Å². The normalized spacial score (nSPS) is 19.2. The molecule has 0 saturated carbocycles. The molecule has 23 heavy (non-hydrogen) atoms. The zero-order chi connectivity index (χ0) is 16.9. The molecule has 0 spiro atoms. The van der Waals surface area contributed by atoms with E-state index in [0.717, 1.165) is 19.0 Å². The number of rotatable bonds is 8. The Kier molecular flexibility index (Phi) is 6.34. The molecule has 0 aromatic heterocycles. The van der Waals surface area contributed by atoms with Crippen molar-refractivity contribution in [2.45, 2.75) is 11.3 Å². The third kappa shape index (κ3) is 4.41. The molecule has 0 aliphatic carbocycles. The fourth-order valence-corrected chi connectivity index (χ4v) is 4.32. The lowest BCUT2D eigenvalue weighted by atomic mass is 10.1. The maximum absolute atomic E-state index is 13.6. The van der Waals surface area contributed by atoms with Gasteiger partial charge in [0.05, 0.1) is 6.61 Å². The number of benzene rings is 1. The van der Waals surface area contributed by atoms with Crippen molar-refractivity contribution in [1.29, 1.82) is 0 Å². The predicted molar refractivity (Wildman–Crippen MR) is 84.6 cm³/mol. The summed E-state index contributed by atoms with van der Waals surface area (Å²) in [6.07, 6.45) is 0.787. The van der Waals surface area contributed by atoms with E-state index in [1.54, 1.807) is 0 Å². The Morgan fingerprint density at radius 3 is 2.87 bits per heavy atom. The predicted octanol–water partition coefficient (Wildman–Crippen LogP) is 1.08. The topological polar surface area (TPSA) is 67.9 Å². The molecule has 130 valence electrons. The van der Waals surface area contributed by atoms with E-state index in [1.165, 1.54) is 23.5 Å². The summed E-state index contributed by atoms with van der Waals surface area (Å²) >= 11 is 0. The summed E-state index contributed by atoms with van der Waals surface area (Å²) in [5.41, 5.74) is 0. The van der Waals surface area contributed by atoms with Crippen LogP contribution in [-0.4, -0.2) is 59.7 Å². The van der Waals surface area contributed by atoms with Gasteiger partial charge in [0.25, 0.3) is 0 Å². The average Bonchev–Trinajstić information content (AvgIpc) is 2.99. The van der Waals surface area contributed by atoms with Crippen molar-refractivity contribution in [3.8, 4) is 5.75 Å². The Labute approximate surface area is 136 Å². The van der Waals surface area contributed by atoms with Crippen molar-refractivity contribution < 1.29 is 22.3 Å². The number of hydrogen-bond donors (Lipinski definition) is 1. The van der Waals surface area contributed by atoms with E-state index in [4.69, 9.17) is 9.47 Å². The van der Waals surface area contributed by atoms with E-state index < -0.39 is 15.8 Å². The lowest BCUT2D eigenvalue weighted by Crippen LogP contribution is -2.31. The van der Waals surface area contributed by atoms with Crippen molar-refractivity contribution in [1.82, 2.24) is 9.62 Å². The lowest BCUT2D eigenvalue weighted by Gasteiger charge is -2.19. The smallest absolute Gasteiger partial charge is 0.246 e. The zero-order valence-electron chi connectivity index (χ0n) is 13.4. The molecule has 1 saturated heterocycles. The SMILES string of the molecule is CNCC1CCN(S(=O)(=O)c2cc(F)ccc2OCCOC)C1. The van der Waals surface area contributed by atoms with Crippen LogP contribution in [0.5, 0.6) is 5.75 Å². The molecule has 0 radical (unpaired) electrons. The van der Waals surface area contributed by atoms with Crippen LogP contribution in [0.25, 0.3) is 0 Å². The standard InChI is InChI=1S/C15H23FN2O4S/c1-17-10-12-5-6-18(11-12)23(19,20)15-9-13(16)3-4-14(15)22-8-7-21-2/h3-4,9,12,17H,5-8,10-11H2,1-2H3. The number of hydrogen-bond acceptors (Lipinski definition) is 5. The van der Waals surface area contributed by atoms with Gasteiger partial charge in [0.2, 0.25) is 10.0 Å². The van der Waals surface area contributed by atoms with Gasteiger partial charge in [-0.1, -0.05) is 0 Å². The Morgan fingerprint density at radius 1 is 1.39 bits per heavy atom. The number of nitrogens with zero attached hydrogens (tertiary/aromatic N) is 1. The molecule has 0 amide bonds. The third-order valence-electron chi connectivity index (χ3n) is 3.81. The van der Waals surface area contributed by atoms with Crippen LogP contribution in [0, 0.1) is 11.7 Å². The first-order valence-electron chi connectivity index (χ1n) is 7.55. The highest BCUT2D eigenvalue weighted by Crippen LogP contribution is 2.31. The van der Waals surface area contributed by atoms with Gasteiger partial charge in [-0.25, -0.2) is 12.8 Å². The molecule has 0 bridgehead atoms. The number of sulfonamides is 1. The summed E-state index contributed by atoms with van der Waals surface area (Å²) in [6.45, 7) is 2.14. The van der Waals surface area contributed by atoms with Crippen LogP contribution in [0.2, 0.25) is 0 Å². The second-order valence-corrected chi connectivity index (χ2v) is 7.41. The average molecular weight is 346 g/mol. The number of halogens is 1. The van der Waals surface area contributed by atoms with Gasteiger partial charge in [0, 0.05) is 20.2 Å². The molecule has 1 unspecified atom stereocenters. The molecule has 1 atom stereocenters.